The van der Waals surface area contributed by atoms with E-state index in [2.05, 4.69) is 15.8 Å². The quantitative estimate of drug-likeness (QED) is 0.571. The van der Waals surface area contributed by atoms with Gasteiger partial charge in [-0.05, 0) is 6.42 Å². The van der Waals surface area contributed by atoms with E-state index >= 15 is 0 Å². The Bertz CT molecular complexity index is 420. The minimum absolute atomic E-state index is 0.0251. The minimum Gasteiger partial charge on any atom is -0.477 e. The molecule has 0 radical (unpaired) electrons. The molecule has 0 aromatic heterocycles. The van der Waals surface area contributed by atoms with Crippen LogP contribution in [-0.2, 0) is 19.2 Å². The molecule has 0 aromatic carbocycles. The molecule has 2 heterocycles. The molecule has 0 aromatic rings. The first kappa shape index (κ1) is 12.3. The SMILES string of the molecule is O=C1CCC(CNC(=O)C2CC(C(=O)O)=NO2)N1. The van der Waals surface area contributed by atoms with Crippen LogP contribution in [0.2, 0.25) is 0 Å². The fourth-order valence-electron chi connectivity index (χ4n) is 1.81. The van der Waals surface area contributed by atoms with Crippen molar-refractivity contribution in [1.29, 1.82) is 0 Å². The molecule has 2 rings (SSSR count). The van der Waals surface area contributed by atoms with Crippen molar-refractivity contribution in [3.63, 3.8) is 0 Å². The van der Waals surface area contributed by atoms with Crippen LogP contribution in [0.3, 0.4) is 0 Å². The van der Waals surface area contributed by atoms with Crippen LogP contribution in [-0.4, -0.2) is 47.3 Å². The molecular weight excluding hydrogens is 242 g/mol. The maximum atomic E-state index is 11.6. The van der Waals surface area contributed by atoms with Crippen LogP contribution >= 0.6 is 0 Å². The molecule has 2 aliphatic heterocycles. The van der Waals surface area contributed by atoms with Gasteiger partial charge in [-0.3, -0.25) is 9.59 Å². The van der Waals surface area contributed by atoms with Gasteiger partial charge in [0.05, 0.1) is 0 Å². The number of amides is 2. The summed E-state index contributed by atoms with van der Waals surface area (Å²) in [6.45, 7) is 0.312. The number of nitrogens with zero attached hydrogens (tertiary/aromatic N) is 1. The van der Waals surface area contributed by atoms with Crippen LogP contribution in [0.5, 0.6) is 0 Å². The number of hydrogen-bond acceptors (Lipinski definition) is 5. The highest BCUT2D eigenvalue weighted by molar-refractivity contribution is 6.36. The summed E-state index contributed by atoms with van der Waals surface area (Å²) >= 11 is 0. The Morgan fingerprint density at radius 3 is 2.89 bits per heavy atom. The fourth-order valence-corrected chi connectivity index (χ4v) is 1.81. The number of nitrogens with one attached hydrogen (secondary N) is 2. The molecule has 18 heavy (non-hydrogen) atoms. The Balaban J connectivity index is 1.73. The van der Waals surface area contributed by atoms with Gasteiger partial charge >= 0.3 is 5.97 Å². The number of hydrogen-bond donors (Lipinski definition) is 3. The summed E-state index contributed by atoms with van der Waals surface area (Å²) in [5.74, 6) is -1.63. The third kappa shape index (κ3) is 2.76. The lowest BCUT2D eigenvalue weighted by molar-refractivity contribution is -0.131. The number of carboxylic acids is 1. The number of oxime groups is 1. The van der Waals surface area contributed by atoms with Gasteiger partial charge in [0.2, 0.25) is 12.0 Å². The van der Waals surface area contributed by atoms with E-state index in [0.29, 0.717) is 19.4 Å². The molecule has 0 spiro atoms. The van der Waals surface area contributed by atoms with Gasteiger partial charge in [0, 0.05) is 25.4 Å². The van der Waals surface area contributed by atoms with Crippen LogP contribution in [0.15, 0.2) is 5.16 Å². The van der Waals surface area contributed by atoms with E-state index in [0.717, 1.165) is 0 Å². The maximum absolute atomic E-state index is 11.6. The van der Waals surface area contributed by atoms with Crippen LogP contribution in [0, 0.1) is 0 Å². The van der Waals surface area contributed by atoms with Crippen LogP contribution in [0.4, 0.5) is 0 Å². The van der Waals surface area contributed by atoms with Gasteiger partial charge in [-0.1, -0.05) is 5.16 Å². The summed E-state index contributed by atoms with van der Waals surface area (Å²) in [5, 5.41) is 17.3. The second kappa shape index (κ2) is 5.03. The molecule has 2 amide bonds. The van der Waals surface area contributed by atoms with E-state index in [1.165, 1.54) is 0 Å². The van der Waals surface area contributed by atoms with Gasteiger partial charge < -0.3 is 20.6 Å². The number of aliphatic carboxylic acids is 1. The van der Waals surface area contributed by atoms with Crippen molar-refractivity contribution in [3.05, 3.63) is 0 Å². The summed E-state index contributed by atoms with van der Waals surface area (Å²) in [7, 11) is 0. The Labute approximate surface area is 102 Å². The molecule has 0 aliphatic carbocycles. The molecule has 1 fully saturated rings. The molecule has 2 unspecified atom stereocenters. The number of rotatable bonds is 4. The van der Waals surface area contributed by atoms with Gasteiger partial charge in [0.15, 0.2) is 5.71 Å². The minimum atomic E-state index is -1.19. The standard InChI is InChI=1S/C10H13N3O5/c14-8-2-1-5(12-8)4-11-9(15)7-3-6(10(16)17)13-18-7/h5,7H,1-4H2,(H,11,15)(H,12,14)(H,16,17). The van der Waals surface area contributed by atoms with E-state index in [1.54, 1.807) is 0 Å². The third-order valence-electron chi connectivity index (χ3n) is 2.82. The number of carboxylic acid groups (broad SMARTS) is 1. The van der Waals surface area contributed by atoms with Gasteiger partial charge in [-0.2, -0.15) is 0 Å². The molecule has 2 aliphatic rings. The van der Waals surface area contributed by atoms with Crippen molar-refractivity contribution in [2.45, 2.75) is 31.4 Å². The topological polar surface area (TPSA) is 117 Å². The van der Waals surface area contributed by atoms with Gasteiger partial charge in [0.25, 0.3) is 5.91 Å². The summed E-state index contributed by atoms with van der Waals surface area (Å²) in [6.07, 6.45) is 0.208. The molecular formula is C10H13N3O5. The summed E-state index contributed by atoms with van der Waals surface area (Å²) in [5.41, 5.74) is -0.163. The Morgan fingerprint density at radius 1 is 1.56 bits per heavy atom. The second-order valence-electron chi connectivity index (χ2n) is 4.19. The summed E-state index contributed by atoms with van der Waals surface area (Å²) < 4.78 is 0. The molecule has 2 atom stereocenters. The van der Waals surface area contributed by atoms with E-state index < -0.39 is 18.0 Å². The van der Waals surface area contributed by atoms with Crippen molar-refractivity contribution in [2.75, 3.05) is 6.54 Å². The van der Waals surface area contributed by atoms with Crippen molar-refractivity contribution in [2.24, 2.45) is 5.16 Å². The van der Waals surface area contributed by atoms with Gasteiger partial charge in [-0.25, -0.2) is 4.79 Å². The molecule has 8 nitrogen and oxygen atoms in total. The van der Waals surface area contributed by atoms with E-state index in [-0.39, 0.29) is 24.1 Å². The average Bonchev–Trinajstić information content (AvgIpc) is 2.94. The molecule has 1 saturated heterocycles. The van der Waals surface area contributed by atoms with Gasteiger partial charge in [0.1, 0.15) is 0 Å². The zero-order chi connectivity index (χ0) is 13.1. The van der Waals surface area contributed by atoms with Gasteiger partial charge in [-0.15, -0.1) is 0 Å². The number of carbonyl (C=O) groups is 3. The van der Waals surface area contributed by atoms with Crippen LogP contribution < -0.4 is 10.6 Å². The zero-order valence-corrected chi connectivity index (χ0v) is 9.51. The molecule has 3 N–H and O–H groups in total. The molecule has 8 heteroatoms. The smallest absolute Gasteiger partial charge is 0.353 e. The Kier molecular flexibility index (Phi) is 3.45. The molecule has 0 bridgehead atoms. The van der Waals surface area contributed by atoms with Crippen LogP contribution in [0.1, 0.15) is 19.3 Å². The lowest BCUT2D eigenvalue weighted by Gasteiger charge is -2.13. The van der Waals surface area contributed by atoms with Crippen molar-refractivity contribution >= 4 is 23.5 Å². The molecule has 0 saturated carbocycles. The zero-order valence-electron chi connectivity index (χ0n) is 9.51. The highest BCUT2D eigenvalue weighted by Gasteiger charge is 2.32. The van der Waals surface area contributed by atoms with E-state index in [1.807, 2.05) is 0 Å². The second-order valence-corrected chi connectivity index (χ2v) is 4.19. The highest BCUT2D eigenvalue weighted by Crippen LogP contribution is 2.11. The summed E-state index contributed by atoms with van der Waals surface area (Å²) in [4.78, 5) is 37.9. The largest absolute Gasteiger partial charge is 0.477 e. The van der Waals surface area contributed by atoms with E-state index in [4.69, 9.17) is 9.94 Å². The predicted molar refractivity (Wildman–Crippen MR) is 58.7 cm³/mol. The first-order chi connectivity index (χ1) is 8.56. The first-order valence-electron chi connectivity index (χ1n) is 5.59. The first-order valence-corrected chi connectivity index (χ1v) is 5.59. The van der Waals surface area contributed by atoms with Crippen LogP contribution in [0.25, 0.3) is 0 Å². The number of carbonyl (C=O) groups excluding carboxylic acids is 2. The average molecular weight is 255 g/mol. The van der Waals surface area contributed by atoms with E-state index in [9.17, 15) is 14.4 Å². The fraction of sp³-hybridized carbons (Fsp3) is 0.600. The van der Waals surface area contributed by atoms with Crippen molar-refractivity contribution in [1.82, 2.24) is 10.6 Å². The summed E-state index contributed by atoms with van der Waals surface area (Å²) in [6, 6.07) is -0.0669. The monoisotopic (exact) mass is 255 g/mol. The Morgan fingerprint density at radius 2 is 2.33 bits per heavy atom. The lowest BCUT2D eigenvalue weighted by Crippen LogP contribution is -2.42. The Hall–Kier alpha value is -2.12. The lowest BCUT2D eigenvalue weighted by atomic mass is 10.1. The third-order valence-corrected chi connectivity index (χ3v) is 2.82. The van der Waals surface area contributed by atoms with Crippen molar-refractivity contribution < 1.29 is 24.3 Å². The predicted octanol–water partition coefficient (Wildman–Crippen LogP) is -1.39. The normalized spacial score (nSPS) is 26.2. The highest BCUT2D eigenvalue weighted by atomic mass is 16.6. The molecule has 98 valence electrons. The maximum Gasteiger partial charge on any atom is 0.353 e. The van der Waals surface area contributed by atoms with Crippen molar-refractivity contribution in [3.8, 4) is 0 Å².